The summed E-state index contributed by atoms with van der Waals surface area (Å²) in [6, 6.07) is 4.85. The first-order valence-electron chi connectivity index (χ1n) is 6.98. The number of ether oxygens (including phenoxy) is 1. The Morgan fingerprint density at radius 2 is 2.21 bits per heavy atom. The molecule has 2 atom stereocenters. The lowest BCUT2D eigenvalue weighted by molar-refractivity contribution is 0.122. The molecule has 2 fully saturated rings. The minimum absolute atomic E-state index is 0.594. The Morgan fingerprint density at radius 1 is 1.37 bits per heavy atom. The monoisotopic (exact) mass is 279 g/mol. The first-order chi connectivity index (χ1) is 9.31. The highest BCUT2D eigenvalue weighted by molar-refractivity contribution is 8.00. The van der Waals surface area contributed by atoms with Gasteiger partial charge in [0.2, 0.25) is 0 Å². The lowest BCUT2D eigenvalue weighted by Gasteiger charge is -2.27. The van der Waals surface area contributed by atoms with E-state index in [1.807, 2.05) is 18.0 Å². The quantitative estimate of drug-likeness (QED) is 0.918. The van der Waals surface area contributed by atoms with Crippen LogP contribution in [0.1, 0.15) is 13.3 Å². The van der Waals surface area contributed by atoms with Crippen molar-refractivity contribution in [3.8, 4) is 0 Å². The van der Waals surface area contributed by atoms with Gasteiger partial charge in [0.15, 0.2) is 0 Å². The standard InChI is InChI=1S/C14H21N3OS/c1-11-8-13(10-19-11)16-12-2-3-14(15-9-12)17-4-6-18-7-5-17/h2-3,9,11,13,16H,4-8,10H2,1H3. The Balaban J connectivity index is 1.59. The van der Waals surface area contributed by atoms with Crippen LogP contribution in [0, 0.1) is 0 Å². The molecule has 1 aromatic heterocycles. The average Bonchev–Trinajstić information content (AvgIpc) is 2.86. The summed E-state index contributed by atoms with van der Waals surface area (Å²) in [6.45, 7) is 5.79. The van der Waals surface area contributed by atoms with Crippen LogP contribution in [-0.2, 0) is 4.74 Å². The van der Waals surface area contributed by atoms with Crippen LogP contribution in [0.2, 0.25) is 0 Å². The summed E-state index contributed by atoms with van der Waals surface area (Å²) < 4.78 is 5.36. The number of nitrogens with zero attached hydrogens (tertiary/aromatic N) is 2. The predicted octanol–water partition coefficient (Wildman–Crippen LogP) is 2.22. The average molecular weight is 279 g/mol. The van der Waals surface area contributed by atoms with Crippen LogP contribution in [0.15, 0.2) is 18.3 Å². The van der Waals surface area contributed by atoms with Gasteiger partial charge in [0.05, 0.1) is 25.1 Å². The molecular formula is C14H21N3OS. The smallest absolute Gasteiger partial charge is 0.128 e. The second-order valence-corrected chi connectivity index (χ2v) is 6.70. The third-order valence-electron chi connectivity index (χ3n) is 3.65. The van der Waals surface area contributed by atoms with Crippen molar-refractivity contribution in [2.45, 2.75) is 24.6 Å². The Morgan fingerprint density at radius 3 is 2.84 bits per heavy atom. The second-order valence-electron chi connectivity index (χ2n) is 5.23. The van der Waals surface area contributed by atoms with Crippen LogP contribution >= 0.6 is 11.8 Å². The highest BCUT2D eigenvalue weighted by atomic mass is 32.2. The van der Waals surface area contributed by atoms with E-state index in [1.165, 1.54) is 12.2 Å². The van der Waals surface area contributed by atoms with E-state index in [0.717, 1.165) is 43.1 Å². The summed E-state index contributed by atoms with van der Waals surface area (Å²) in [7, 11) is 0. The van der Waals surface area contributed by atoms with E-state index in [4.69, 9.17) is 4.74 Å². The summed E-state index contributed by atoms with van der Waals surface area (Å²) in [5.74, 6) is 2.26. The molecular weight excluding hydrogens is 258 g/mol. The molecule has 5 heteroatoms. The molecule has 1 N–H and O–H groups in total. The van der Waals surface area contributed by atoms with Gasteiger partial charge in [-0.05, 0) is 18.6 Å². The van der Waals surface area contributed by atoms with Crippen molar-refractivity contribution in [1.29, 1.82) is 0 Å². The second kappa shape index (κ2) is 6.01. The largest absolute Gasteiger partial charge is 0.380 e. The first kappa shape index (κ1) is 13.1. The Labute approximate surface area is 118 Å². The number of hydrogen-bond acceptors (Lipinski definition) is 5. The van der Waals surface area contributed by atoms with Gasteiger partial charge in [-0.2, -0.15) is 11.8 Å². The van der Waals surface area contributed by atoms with Crippen LogP contribution < -0.4 is 10.2 Å². The van der Waals surface area contributed by atoms with E-state index in [2.05, 4.69) is 34.3 Å². The van der Waals surface area contributed by atoms with Gasteiger partial charge in [0.25, 0.3) is 0 Å². The van der Waals surface area contributed by atoms with Crippen molar-refractivity contribution in [1.82, 2.24) is 4.98 Å². The topological polar surface area (TPSA) is 37.4 Å². The summed E-state index contributed by atoms with van der Waals surface area (Å²) >= 11 is 2.05. The fourth-order valence-electron chi connectivity index (χ4n) is 2.60. The molecule has 2 saturated heterocycles. The molecule has 2 aliphatic rings. The summed E-state index contributed by atoms with van der Waals surface area (Å²) in [4.78, 5) is 6.84. The van der Waals surface area contributed by atoms with E-state index in [0.29, 0.717) is 6.04 Å². The number of morpholine rings is 1. The van der Waals surface area contributed by atoms with Gasteiger partial charge in [-0.3, -0.25) is 0 Å². The van der Waals surface area contributed by atoms with Crippen LogP contribution in [0.3, 0.4) is 0 Å². The van der Waals surface area contributed by atoms with Crippen molar-refractivity contribution < 1.29 is 4.74 Å². The highest BCUT2D eigenvalue weighted by Gasteiger charge is 2.21. The maximum Gasteiger partial charge on any atom is 0.128 e. The van der Waals surface area contributed by atoms with Crippen LogP contribution in [0.25, 0.3) is 0 Å². The maximum atomic E-state index is 5.36. The zero-order valence-corrected chi connectivity index (χ0v) is 12.2. The Bertz CT molecular complexity index is 406. The van der Waals surface area contributed by atoms with Gasteiger partial charge >= 0.3 is 0 Å². The molecule has 2 aliphatic heterocycles. The SMILES string of the molecule is CC1CC(Nc2ccc(N3CCOCC3)nc2)CS1. The lowest BCUT2D eigenvalue weighted by Crippen LogP contribution is -2.36. The molecule has 0 amide bonds. The van der Waals surface area contributed by atoms with Gasteiger partial charge in [0, 0.05) is 30.1 Å². The van der Waals surface area contributed by atoms with E-state index < -0.39 is 0 Å². The number of pyridine rings is 1. The van der Waals surface area contributed by atoms with Gasteiger partial charge in [0.1, 0.15) is 5.82 Å². The fraction of sp³-hybridized carbons (Fsp3) is 0.643. The van der Waals surface area contributed by atoms with Gasteiger partial charge in [-0.1, -0.05) is 6.92 Å². The molecule has 3 rings (SSSR count). The molecule has 1 aromatic rings. The number of hydrogen-bond donors (Lipinski definition) is 1. The maximum absolute atomic E-state index is 5.36. The summed E-state index contributed by atoms with van der Waals surface area (Å²) in [6.07, 6.45) is 3.20. The zero-order valence-electron chi connectivity index (χ0n) is 11.3. The van der Waals surface area contributed by atoms with Crippen molar-refractivity contribution in [2.75, 3.05) is 42.3 Å². The number of anilines is 2. The molecule has 0 aromatic carbocycles. The molecule has 0 bridgehead atoms. The molecule has 104 valence electrons. The van der Waals surface area contributed by atoms with Gasteiger partial charge in [-0.15, -0.1) is 0 Å². The molecule has 2 unspecified atom stereocenters. The van der Waals surface area contributed by atoms with Crippen molar-refractivity contribution in [3.05, 3.63) is 18.3 Å². The Hall–Kier alpha value is -0.940. The Kier molecular flexibility index (Phi) is 4.13. The molecule has 0 radical (unpaired) electrons. The van der Waals surface area contributed by atoms with Crippen molar-refractivity contribution in [3.63, 3.8) is 0 Å². The minimum Gasteiger partial charge on any atom is -0.380 e. The van der Waals surface area contributed by atoms with E-state index in [9.17, 15) is 0 Å². The molecule has 19 heavy (non-hydrogen) atoms. The summed E-state index contributed by atoms with van der Waals surface area (Å²) in [5, 5.41) is 4.35. The summed E-state index contributed by atoms with van der Waals surface area (Å²) in [5.41, 5.74) is 1.14. The predicted molar refractivity (Wildman–Crippen MR) is 81.2 cm³/mol. The van der Waals surface area contributed by atoms with Crippen molar-refractivity contribution in [2.24, 2.45) is 0 Å². The molecule has 0 aliphatic carbocycles. The number of aromatic nitrogens is 1. The van der Waals surface area contributed by atoms with Crippen molar-refractivity contribution >= 4 is 23.3 Å². The molecule has 0 saturated carbocycles. The minimum atomic E-state index is 0.594. The number of nitrogens with one attached hydrogen (secondary N) is 1. The molecule has 4 nitrogen and oxygen atoms in total. The third-order valence-corrected chi connectivity index (χ3v) is 5.01. The number of rotatable bonds is 3. The van der Waals surface area contributed by atoms with Crippen LogP contribution in [-0.4, -0.2) is 48.3 Å². The fourth-order valence-corrected chi connectivity index (χ4v) is 3.75. The number of thioether (sulfide) groups is 1. The highest BCUT2D eigenvalue weighted by Crippen LogP contribution is 2.28. The van der Waals surface area contributed by atoms with E-state index in [-0.39, 0.29) is 0 Å². The van der Waals surface area contributed by atoms with Crippen LogP contribution in [0.5, 0.6) is 0 Å². The van der Waals surface area contributed by atoms with E-state index >= 15 is 0 Å². The zero-order chi connectivity index (χ0) is 13.1. The third kappa shape index (κ3) is 3.34. The van der Waals surface area contributed by atoms with Gasteiger partial charge in [-0.25, -0.2) is 4.98 Å². The molecule has 3 heterocycles. The molecule has 0 spiro atoms. The van der Waals surface area contributed by atoms with E-state index in [1.54, 1.807) is 0 Å². The normalized spacial score (nSPS) is 27.5. The first-order valence-corrected chi connectivity index (χ1v) is 8.03. The van der Waals surface area contributed by atoms with Gasteiger partial charge < -0.3 is 15.0 Å². The lowest BCUT2D eigenvalue weighted by atomic mass is 10.2. The van der Waals surface area contributed by atoms with Crippen LogP contribution in [0.4, 0.5) is 11.5 Å².